The first kappa shape index (κ1) is 44.9. The minimum absolute atomic E-state index is 0.123. The lowest BCUT2D eigenvalue weighted by Gasteiger charge is -2.49. The third kappa shape index (κ3) is 9.65. The third-order valence-electron chi connectivity index (χ3n) is 11.9. The Kier molecular flexibility index (Phi) is 15.5. The lowest BCUT2D eigenvalue weighted by Crippen LogP contribution is -2.61. The molecule has 18 atom stereocenters. The summed E-state index contributed by atoms with van der Waals surface area (Å²) in [6.45, 7) is 17.0. The average molecular weight is 749 g/mol. The minimum Gasteiger partial charge on any atom is -0.459 e. The quantitative estimate of drug-likeness (QED) is 0.194. The summed E-state index contributed by atoms with van der Waals surface area (Å²) in [5.74, 6) is -4.06. The van der Waals surface area contributed by atoms with Gasteiger partial charge < -0.3 is 64.2 Å². The summed E-state index contributed by atoms with van der Waals surface area (Å²) in [7, 11) is 4.77. The first-order valence-electron chi connectivity index (χ1n) is 18.8. The lowest BCUT2D eigenvalue weighted by molar-refractivity contribution is -0.317. The predicted molar refractivity (Wildman–Crippen MR) is 190 cm³/mol. The number of hydrogen-bond donors (Lipinski definition) is 6. The van der Waals surface area contributed by atoms with E-state index in [0.29, 0.717) is 6.42 Å². The van der Waals surface area contributed by atoms with E-state index in [1.165, 1.54) is 28.1 Å². The monoisotopic (exact) mass is 748 g/mol. The number of aliphatic hydroxyl groups excluding tert-OH is 3. The van der Waals surface area contributed by atoms with E-state index < -0.39 is 108 Å². The molecule has 0 aromatic carbocycles. The summed E-state index contributed by atoms with van der Waals surface area (Å²) < 4.78 is 43.7. The zero-order chi connectivity index (χ0) is 39.5. The summed E-state index contributed by atoms with van der Waals surface area (Å²) >= 11 is 0. The molecule has 15 heteroatoms. The number of ether oxygens (including phenoxy) is 7. The second-order valence-electron chi connectivity index (χ2n) is 16.1. The van der Waals surface area contributed by atoms with Crippen LogP contribution in [0.4, 0.5) is 0 Å². The van der Waals surface area contributed by atoms with Crippen LogP contribution in [0.15, 0.2) is 0 Å². The molecule has 0 spiro atoms. The number of cyclic esters (lactones) is 1. The van der Waals surface area contributed by atoms with Crippen molar-refractivity contribution in [1.82, 2.24) is 10.6 Å². The maximum atomic E-state index is 14.2. The van der Waals surface area contributed by atoms with Gasteiger partial charge in [-0.25, -0.2) is 0 Å². The number of likely N-dealkylation sites (N-methyl/N-ethyl adjacent to an activating group) is 1. The van der Waals surface area contributed by atoms with Crippen molar-refractivity contribution in [1.29, 1.82) is 0 Å². The van der Waals surface area contributed by atoms with E-state index in [-0.39, 0.29) is 31.4 Å². The third-order valence-corrected chi connectivity index (χ3v) is 11.9. The molecule has 3 aliphatic rings. The van der Waals surface area contributed by atoms with Crippen LogP contribution in [0.1, 0.15) is 94.9 Å². The molecule has 15 nitrogen and oxygen atoms in total. The number of carbonyl (C=O) groups excluding carboxylic acids is 2. The molecule has 0 bridgehead atoms. The highest BCUT2D eigenvalue weighted by atomic mass is 16.7. The van der Waals surface area contributed by atoms with Gasteiger partial charge in [0.1, 0.15) is 23.9 Å². The summed E-state index contributed by atoms with van der Waals surface area (Å²) in [5, 5.41) is 51.3. The Labute approximate surface area is 309 Å². The van der Waals surface area contributed by atoms with Crippen molar-refractivity contribution in [3.05, 3.63) is 0 Å². The van der Waals surface area contributed by atoms with E-state index in [0.717, 1.165) is 0 Å². The molecule has 0 radical (unpaired) electrons. The SMILES string of the molecule is CC[C@H]1OC(=O)[C@H](C)[C@@H](O[C@H]2C[C@@](C)(OC)[C@@H](O)[C@H](C)O2)[C@H](C)[C@@H](O[C@@H]2O[C@H](C)C[C@H](NC)[C@H]2O)[C@](C)(OC)C[C@@H](C)NC(=O)[C@H](C)[C@@H](O)[C@]1(C)O. The number of amides is 1. The van der Waals surface area contributed by atoms with E-state index >= 15 is 0 Å². The van der Waals surface area contributed by atoms with E-state index in [9.17, 15) is 30.0 Å². The van der Waals surface area contributed by atoms with Crippen molar-refractivity contribution in [2.45, 2.75) is 185 Å². The molecule has 6 N–H and O–H groups in total. The molecule has 304 valence electrons. The first-order chi connectivity index (χ1) is 24.1. The van der Waals surface area contributed by atoms with Gasteiger partial charge in [-0.15, -0.1) is 0 Å². The zero-order valence-electron chi connectivity index (χ0n) is 33.5. The van der Waals surface area contributed by atoms with Crippen LogP contribution in [0, 0.1) is 17.8 Å². The Hall–Kier alpha value is -1.50. The number of nitrogens with one attached hydrogen (secondary N) is 2. The van der Waals surface area contributed by atoms with E-state index in [2.05, 4.69) is 10.6 Å². The van der Waals surface area contributed by atoms with Crippen LogP contribution in [0.25, 0.3) is 0 Å². The molecule has 3 aliphatic heterocycles. The number of esters is 1. The standard InChI is InChI=1S/C37H68N2O13/c1-14-25-37(10,45)29(41)22(6)32(43)39-18(2)16-36(9,47-13)31(52-34-27(40)24(38-11)15-19(3)48-34)20(4)28(21(5)33(44)50-25)51-26-17-35(8,46-12)30(42)23(7)49-26/h18-31,34,38,40-42,45H,14-17H2,1-13H3,(H,39,43)/t18-,19-,20+,21-,22-,23+,24+,25-,26+,27-,28+,29-,30+,31-,34+,35-,36-,37-/m1/s1. The molecule has 1 amide bonds. The van der Waals surface area contributed by atoms with Crippen LogP contribution < -0.4 is 10.6 Å². The van der Waals surface area contributed by atoms with Crippen molar-refractivity contribution < 1.29 is 63.2 Å². The van der Waals surface area contributed by atoms with E-state index in [1.54, 1.807) is 41.7 Å². The van der Waals surface area contributed by atoms with Gasteiger partial charge in [0.25, 0.3) is 0 Å². The summed E-state index contributed by atoms with van der Waals surface area (Å²) in [4.78, 5) is 27.7. The van der Waals surface area contributed by atoms with E-state index in [4.69, 9.17) is 33.2 Å². The molecule has 0 aromatic heterocycles. The van der Waals surface area contributed by atoms with Crippen molar-refractivity contribution in [2.75, 3.05) is 21.3 Å². The van der Waals surface area contributed by atoms with Crippen LogP contribution in [-0.4, -0.2) is 144 Å². The topological polar surface area (TPSA) is 204 Å². The van der Waals surface area contributed by atoms with Crippen LogP contribution >= 0.6 is 0 Å². The fourth-order valence-corrected chi connectivity index (χ4v) is 8.25. The highest BCUT2D eigenvalue weighted by molar-refractivity contribution is 5.79. The molecule has 0 saturated carbocycles. The van der Waals surface area contributed by atoms with Gasteiger partial charge in [-0.05, 0) is 74.8 Å². The summed E-state index contributed by atoms with van der Waals surface area (Å²) in [6, 6.07) is -0.869. The Morgan fingerprint density at radius 3 is 2.06 bits per heavy atom. The van der Waals surface area contributed by atoms with Crippen LogP contribution in [0.3, 0.4) is 0 Å². The second-order valence-corrected chi connectivity index (χ2v) is 16.1. The molecule has 3 fully saturated rings. The van der Waals surface area contributed by atoms with Crippen molar-refractivity contribution in [3.8, 4) is 0 Å². The van der Waals surface area contributed by atoms with Gasteiger partial charge in [0.2, 0.25) is 5.91 Å². The molecule has 52 heavy (non-hydrogen) atoms. The van der Waals surface area contributed by atoms with Crippen LogP contribution in [-0.2, 0) is 42.7 Å². The average Bonchev–Trinajstić information content (AvgIpc) is 3.09. The highest BCUT2D eigenvalue weighted by Crippen LogP contribution is 2.40. The number of carbonyl (C=O) groups is 2. The smallest absolute Gasteiger partial charge is 0.311 e. The number of rotatable bonds is 8. The highest BCUT2D eigenvalue weighted by Gasteiger charge is 2.53. The number of methoxy groups -OCH3 is 2. The van der Waals surface area contributed by atoms with Crippen molar-refractivity contribution >= 4 is 11.9 Å². The van der Waals surface area contributed by atoms with Gasteiger partial charge in [0.15, 0.2) is 12.6 Å². The van der Waals surface area contributed by atoms with Crippen molar-refractivity contribution in [2.24, 2.45) is 17.8 Å². The Balaban J connectivity index is 2.21. The first-order valence-corrected chi connectivity index (χ1v) is 18.8. The summed E-state index contributed by atoms with van der Waals surface area (Å²) in [6.07, 6.45) is -8.76. The Morgan fingerprint density at radius 2 is 1.50 bits per heavy atom. The fraction of sp³-hybridized carbons (Fsp3) is 0.946. The molecule has 0 aromatic rings. The van der Waals surface area contributed by atoms with Gasteiger partial charge >= 0.3 is 5.97 Å². The van der Waals surface area contributed by atoms with Crippen molar-refractivity contribution in [3.63, 3.8) is 0 Å². The number of aliphatic hydroxyl groups is 4. The molecular formula is C37H68N2O13. The fourth-order valence-electron chi connectivity index (χ4n) is 8.25. The van der Waals surface area contributed by atoms with Gasteiger partial charge in [-0.1, -0.05) is 20.8 Å². The lowest BCUT2D eigenvalue weighted by atomic mass is 9.78. The maximum absolute atomic E-state index is 14.2. The van der Waals surface area contributed by atoms with Gasteiger partial charge in [0.05, 0.1) is 53.6 Å². The largest absolute Gasteiger partial charge is 0.459 e. The van der Waals surface area contributed by atoms with Gasteiger partial charge in [-0.2, -0.15) is 0 Å². The molecular weight excluding hydrogens is 680 g/mol. The number of hydrogen-bond acceptors (Lipinski definition) is 14. The Morgan fingerprint density at radius 1 is 0.885 bits per heavy atom. The second kappa shape index (κ2) is 18.0. The molecule has 3 saturated heterocycles. The van der Waals surface area contributed by atoms with E-state index in [1.807, 2.05) is 20.8 Å². The van der Waals surface area contributed by atoms with Crippen LogP contribution in [0.5, 0.6) is 0 Å². The van der Waals surface area contributed by atoms with Gasteiger partial charge in [-0.3, -0.25) is 9.59 Å². The molecule has 0 aliphatic carbocycles. The normalized spacial score (nSPS) is 49.0. The van der Waals surface area contributed by atoms with Crippen LogP contribution in [0.2, 0.25) is 0 Å². The minimum atomic E-state index is -1.99. The Bertz CT molecular complexity index is 1180. The molecule has 0 unspecified atom stereocenters. The van der Waals surface area contributed by atoms with Gasteiger partial charge in [0, 0.05) is 38.6 Å². The maximum Gasteiger partial charge on any atom is 0.311 e. The predicted octanol–water partition coefficient (Wildman–Crippen LogP) is 1.40. The summed E-state index contributed by atoms with van der Waals surface area (Å²) in [5.41, 5.74) is -4.23. The molecule has 3 heterocycles. The zero-order valence-corrected chi connectivity index (χ0v) is 33.5. The molecule has 3 rings (SSSR count).